The van der Waals surface area contributed by atoms with Gasteiger partial charge in [0.1, 0.15) is 43.3 Å². The molecule has 5 aromatic rings. The number of aromatic hydroxyl groups is 1. The zero-order valence-corrected chi connectivity index (χ0v) is 40.0. The van der Waals surface area contributed by atoms with Crippen LogP contribution in [-0.4, -0.2) is 99.2 Å². The Morgan fingerprint density at radius 1 is 0.714 bits per heavy atom. The average Bonchev–Trinajstić information content (AvgIpc) is 3.24. The first-order chi connectivity index (χ1) is 32.3. The summed E-state index contributed by atoms with van der Waals surface area (Å²) in [6, 6.07) is 14.5. The van der Waals surface area contributed by atoms with E-state index in [0.717, 1.165) is 18.2 Å². The molecule has 5 aromatic carbocycles. The van der Waals surface area contributed by atoms with Crippen LogP contribution in [0.2, 0.25) is 0 Å². The van der Waals surface area contributed by atoms with Crippen molar-refractivity contribution in [1.82, 2.24) is 0 Å². The highest BCUT2D eigenvalue weighted by Crippen LogP contribution is 2.48. The number of sulfone groups is 2. The molecule has 27 nitrogen and oxygen atoms in total. The van der Waals surface area contributed by atoms with Crippen molar-refractivity contribution in [2.24, 2.45) is 30.7 Å². The molecule has 0 spiro atoms. The fraction of sp³-hybridized carbons (Fsp3) is 0.135. The van der Waals surface area contributed by atoms with Crippen molar-refractivity contribution in [2.45, 2.75) is 26.0 Å². The second kappa shape index (κ2) is 19.5. The summed E-state index contributed by atoms with van der Waals surface area (Å²) in [6.07, 6.45) is 2.50. The van der Waals surface area contributed by atoms with Gasteiger partial charge in [0.25, 0.3) is 10.0 Å². The van der Waals surface area contributed by atoms with E-state index in [0.29, 0.717) is 53.3 Å². The maximum absolute atomic E-state index is 13.2. The highest BCUT2D eigenvalue weighted by atomic mass is 32.3. The van der Waals surface area contributed by atoms with Gasteiger partial charge in [0.05, 0.1) is 65.3 Å². The van der Waals surface area contributed by atoms with Crippen LogP contribution in [0.15, 0.2) is 147 Å². The molecule has 0 saturated carbocycles. The van der Waals surface area contributed by atoms with E-state index in [1.165, 1.54) is 42.5 Å². The number of hydrogen-bond donors (Lipinski definition) is 5. The molecular formula is C37H33N10O17S6-3. The average molecular weight is 1080 g/mol. The summed E-state index contributed by atoms with van der Waals surface area (Å²) < 4.78 is 190. The van der Waals surface area contributed by atoms with Gasteiger partial charge in [0.15, 0.2) is 25.4 Å². The first-order valence-electron chi connectivity index (χ1n) is 18.9. The minimum Gasteiger partial charge on any atom is -0.747 e. The number of rotatable bonds is 17. The Bertz CT molecular complexity index is 3790. The van der Waals surface area contributed by atoms with E-state index in [2.05, 4.69) is 39.6 Å². The van der Waals surface area contributed by atoms with Crippen molar-refractivity contribution in [3.05, 3.63) is 102 Å². The number of phenols is 1. The quantitative estimate of drug-likeness (QED) is 0.0381. The molecule has 0 saturated heterocycles. The SMILES string of the molecule is CS(=O)(=O)c1cc2cc(S(=O)(=O)[O-])c(N=NC3C=CC(S(=O)(=O)CCOS(=O)(=O)[O-])=CC3S(=O)(=O)[O-])c(O)c2c(N)c1N=Nc1ccc(S(=O)(=O)Nc2ccc(N=Nc3ccc(N)cc3N)cc2)cc1. The predicted molar refractivity (Wildman–Crippen MR) is 247 cm³/mol. The van der Waals surface area contributed by atoms with Gasteiger partial charge < -0.3 is 36.0 Å². The maximum atomic E-state index is 13.2. The molecule has 33 heteroatoms. The predicted octanol–water partition coefficient (Wildman–Crippen LogP) is 3.94. The van der Waals surface area contributed by atoms with Crippen molar-refractivity contribution in [3.63, 3.8) is 0 Å². The molecule has 372 valence electrons. The number of nitrogen functional groups attached to an aromatic ring is 3. The molecule has 0 amide bonds. The molecule has 0 aromatic heterocycles. The highest BCUT2D eigenvalue weighted by Gasteiger charge is 2.32. The van der Waals surface area contributed by atoms with Crippen LogP contribution in [0, 0.1) is 0 Å². The number of nitrogens with two attached hydrogens (primary N) is 3. The number of anilines is 4. The zero-order valence-electron chi connectivity index (χ0n) is 35.2. The Morgan fingerprint density at radius 2 is 1.31 bits per heavy atom. The van der Waals surface area contributed by atoms with E-state index in [1.54, 1.807) is 12.1 Å². The van der Waals surface area contributed by atoms with Crippen LogP contribution in [0.25, 0.3) is 10.8 Å². The maximum Gasteiger partial charge on any atom is 0.261 e. The van der Waals surface area contributed by atoms with Gasteiger partial charge >= 0.3 is 0 Å². The number of nitrogens with zero attached hydrogens (tertiary/aromatic N) is 6. The smallest absolute Gasteiger partial charge is 0.261 e. The lowest BCUT2D eigenvalue weighted by molar-refractivity contribution is 0.276. The molecule has 8 N–H and O–H groups in total. The Labute approximate surface area is 398 Å². The fourth-order valence-electron chi connectivity index (χ4n) is 6.24. The lowest BCUT2D eigenvalue weighted by Gasteiger charge is -2.25. The summed E-state index contributed by atoms with van der Waals surface area (Å²) in [5, 5.41) is 31.0. The van der Waals surface area contributed by atoms with Crippen LogP contribution in [-0.2, 0) is 64.5 Å². The number of hydrogen-bond acceptors (Lipinski definition) is 26. The molecule has 2 unspecified atom stereocenters. The third-order valence-electron chi connectivity index (χ3n) is 9.53. The molecule has 6 rings (SSSR count). The van der Waals surface area contributed by atoms with Crippen LogP contribution < -0.4 is 21.9 Å². The van der Waals surface area contributed by atoms with Gasteiger partial charge in [-0.3, -0.25) is 8.91 Å². The molecule has 1 aliphatic carbocycles. The van der Waals surface area contributed by atoms with Gasteiger partial charge in [-0.25, -0.2) is 50.5 Å². The number of azo groups is 3. The van der Waals surface area contributed by atoms with Crippen LogP contribution in [0.3, 0.4) is 0 Å². The van der Waals surface area contributed by atoms with Gasteiger partial charge in [-0.1, -0.05) is 6.08 Å². The van der Waals surface area contributed by atoms with Crippen LogP contribution in [0.1, 0.15) is 0 Å². The van der Waals surface area contributed by atoms with E-state index < -0.39 is 132 Å². The molecule has 70 heavy (non-hydrogen) atoms. The summed E-state index contributed by atoms with van der Waals surface area (Å²) >= 11 is 0. The van der Waals surface area contributed by atoms with Gasteiger partial charge in [-0.2, -0.15) is 20.5 Å². The van der Waals surface area contributed by atoms with Crippen LogP contribution in [0.5, 0.6) is 5.75 Å². The lowest BCUT2D eigenvalue weighted by atomic mass is 10.0. The first kappa shape index (κ1) is 52.5. The summed E-state index contributed by atoms with van der Waals surface area (Å²) in [6.45, 7) is -1.18. The normalized spacial score (nSPS) is 16.4. The molecule has 0 bridgehead atoms. The second-order valence-electron chi connectivity index (χ2n) is 14.5. The molecule has 0 aliphatic heterocycles. The summed E-state index contributed by atoms with van der Waals surface area (Å²) in [4.78, 5) is -3.17. The van der Waals surface area contributed by atoms with Gasteiger partial charge in [-0.15, -0.1) is 10.2 Å². The lowest BCUT2D eigenvalue weighted by Crippen LogP contribution is -2.33. The van der Waals surface area contributed by atoms with Gasteiger partial charge in [-0.05, 0) is 96.4 Å². The largest absolute Gasteiger partial charge is 0.747 e. The minimum atomic E-state index is -5.68. The Balaban J connectivity index is 1.30. The molecule has 0 fully saturated rings. The number of fused-ring (bicyclic) bond motifs is 1. The van der Waals surface area contributed by atoms with Crippen LogP contribution in [0.4, 0.5) is 51.2 Å². The fourth-order valence-corrected chi connectivity index (χ4v) is 11.2. The number of phenolic OH excluding ortho intramolecular Hbond substituents is 1. The number of sulfonamides is 1. The van der Waals surface area contributed by atoms with Crippen molar-refractivity contribution in [3.8, 4) is 5.75 Å². The Kier molecular flexibility index (Phi) is 14.7. The first-order valence-corrected chi connectivity index (χ1v) is 28.2. The zero-order chi connectivity index (χ0) is 51.8. The van der Waals surface area contributed by atoms with E-state index >= 15 is 0 Å². The van der Waals surface area contributed by atoms with E-state index in [-0.39, 0.29) is 16.3 Å². The third-order valence-corrected chi connectivity index (χ3v) is 16.1. The van der Waals surface area contributed by atoms with E-state index in [1.807, 2.05) is 0 Å². The van der Waals surface area contributed by atoms with Gasteiger partial charge in [0, 0.05) is 17.6 Å². The monoisotopic (exact) mass is 1080 g/mol. The molecule has 0 heterocycles. The van der Waals surface area contributed by atoms with Crippen molar-refractivity contribution >= 4 is 122 Å². The van der Waals surface area contributed by atoms with Crippen LogP contribution >= 0.6 is 0 Å². The summed E-state index contributed by atoms with van der Waals surface area (Å²) in [7, 11) is -29.7. The molecule has 0 radical (unpaired) electrons. The van der Waals surface area contributed by atoms with Crippen molar-refractivity contribution in [2.75, 3.05) is 40.5 Å². The Morgan fingerprint density at radius 3 is 1.89 bits per heavy atom. The molecule has 2 atom stereocenters. The van der Waals surface area contributed by atoms with Crippen molar-refractivity contribution in [1.29, 1.82) is 0 Å². The number of allylic oxidation sites excluding steroid dienone is 1. The number of nitrogens with one attached hydrogen (secondary N) is 1. The number of benzene rings is 5. The van der Waals surface area contributed by atoms with Gasteiger partial charge in [0.2, 0.25) is 10.4 Å². The summed E-state index contributed by atoms with van der Waals surface area (Å²) in [5.74, 6) is -2.43. The van der Waals surface area contributed by atoms with E-state index in [9.17, 15) is 69.3 Å². The van der Waals surface area contributed by atoms with Crippen molar-refractivity contribution < 1.29 is 73.5 Å². The standard InChI is InChI=1S/C37H36N10O17S6/c1-65(49,50)31-16-20-17-32(69(58,59)60)36(46-44-29-13-11-26(19-30(29)68(55,56)57)66(51,52)15-14-64-70(61,62)63)37(48)33(20)34(40)35(31)45-42-23-7-9-25(10-8-23)67(53,54)47-24-5-3-22(4-6-24)41-43-28-12-2-21(38)18-27(28)39/h2-13,16-19,29-30,47-48H,14-15,38-40H2,1H3,(H,55,56,57)(H,58,59,60)(H,61,62,63)/p-3. The summed E-state index contributed by atoms with van der Waals surface area (Å²) in [5.41, 5.74) is 16.9. The second-order valence-corrected chi connectivity index (χ2v) is 24.2. The van der Waals surface area contributed by atoms with E-state index in [4.69, 9.17) is 17.2 Å². The Hall–Kier alpha value is -6.82. The minimum absolute atomic E-state index is 0.0713. The third kappa shape index (κ3) is 12.5. The highest BCUT2D eigenvalue weighted by molar-refractivity contribution is 7.95. The topological polar surface area (TPSA) is 468 Å². The molecule has 1 aliphatic rings. The molecular weight excluding hydrogens is 1050 g/mol.